The molecular weight excluding hydrogens is 420 g/mol. The van der Waals surface area contributed by atoms with Crippen LogP contribution in [0.25, 0.3) is 11.1 Å². The molecule has 172 valence electrons. The number of piperidine rings is 1. The third-order valence-corrected chi connectivity index (χ3v) is 7.61. The number of carbonyl (C=O) groups is 3. The zero-order valence-electron chi connectivity index (χ0n) is 18.6. The van der Waals surface area contributed by atoms with Crippen LogP contribution in [0.5, 0.6) is 0 Å². The second-order valence-electron chi connectivity index (χ2n) is 9.47. The predicted octanol–water partition coefficient (Wildman–Crippen LogP) is 3.63. The molecule has 3 aliphatic rings. The summed E-state index contributed by atoms with van der Waals surface area (Å²) in [6, 6.07) is 15.6. The van der Waals surface area contributed by atoms with E-state index in [-0.39, 0.29) is 29.8 Å². The number of amides is 2. The molecule has 0 radical (unpaired) electrons. The molecule has 1 unspecified atom stereocenters. The monoisotopic (exact) mass is 448 g/mol. The van der Waals surface area contributed by atoms with Gasteiger partial charge in [-0.3, -0.25) is 9.59 Å². The van der Waals surface area contributed by atoms with Crippen LogP contribution in [-0.2, 0) is 14.3 Å². The Morgan fingerprint density at radius 1 is 1.06 bits per heavy atom. The van der Waals surface area contributed by atoms with Gasteiger partial charge in [0.1, 0.15) is 12.6 Å². The molecule has 0 bridgehead atoms. The van der Waals surface area contributed by atoms with Crippen LogP contribution in [0.15, 0.2) is 48.5 Å². The maximum absolute atomic E-state index is 12.8. The van der Waals surface area contributed by atoms with Crippen molar-refractivity contribution in [2.75, 3.05) is 19.7 Å². The third kappa shape index (κ3) is 3.86. The lowest BCUT2D eigenvalue weighted by atomic mass is 9.90. The first-order valence-corrected chi connectivity index (χ1v) is 11.5. The molecule has 0 aromatic heterocycles. The van der Waals surface area contributed by atoms with E-state index in [1.54, 1.807) is 11.8 Å². The number of nitrogens with zero attached hydrogens (tertiary/aromatic N) is 1. The number of carbonyl (C=O) groups excluding carboxylic acids is 2. The minimum absolute atomic E-state index is 0.0341. The molecule has 2 amide bonds. The minimum atomic E-state index is -0.736. The Bertz CT molecular complexity index is 1060. The van der Waals surface area contributed by atoms with Gasteiger partial charge in [-0.25, -0.2) is 4.79 Å². The summed E-state index contributed by atoms with van der Waals surface area (Å²) in [6.45, 7) is 2.91. The number of aliphatic carboxylic acids is 1. The topological polar surface area (TPSA) is 95.9 Å². The number of nitrogens with one attached hydrogen (secondary N) is 1. The molecule has 2 fully saturated rings. The standard InChI is InChI=1S/C26H28N2O5/c1-16(23(29)28-12-10-26(11-13-28)14-22(26)24(30)31)27-25(32)33-15-21-19-8-4-2-6-17(19)18-7-3-5-9-20(18)21/h2-9,16,21-22H,10-15H2,1H3,(H,27,32)(H,30,31)/t16-,22?/m0/s1. The van der Waals surface area contributed by atoms with Crippen molar-refractivity contribution in [2.24, 2.45) is 11.3 Å². The van der Waals surface area contributed by atoms with Crippen molar-refractivity contribution in [1.82, 2.24) is 10.2 Å². The summed E-state index contributed by atoms with van der Waals surface area (Å²) in [5, 5.41) is 11.9. The van der Waals surface area contributed by atoms with Gasteiger partial charge >= 0.3 is 12.1 Å². The summed E-state index contributed by atoms with van der Waals surface area (Å²) in [7, 11) is 0. The Balaban J connectivity index is 1.14. The van der Waals surface area contributed by atoms with Crippen LogP contribution < -0.4 is 5.32 Å². The quantitative estimate of drug-likeness (QED) is 0.728. The van der Waals surface area contributed by atoms with Crippen LogP contribution in [0, 0.1) is 11.3 Å². The molecular formula is C26H28N2O5. The van der Waals surface area contributed by atoms with Crippen LogP contribution >= 0.6 is 0 Å². The van der Waals surface area contributed by atoms with E-state index in [0.717, 1.165) is 22.3 Å². The molecule has 1 spiro atoms. The van der Waals surface area contributed by atoms with Gasteiger partial charge in [0.2, 0.25) is 5.91 Å². The van der Waals surface area contributed by atoms with Gasteiger partial charge in [-0.1, -0.05) is 48.5 Å². The van der Waals surface area contributed by atoms with E-state index in [2.05, 4.69) is 29.6 Å². The Kier molecular flexibility index (Phi) is 5.35. The van der Waals surface area contributed by atoms with Crippen LogP contribution in [-0.4, -0.2) is 53.7 Å². The summed E-state index contributed by atoms with van der Waals surface area (Å²) < 4.78 is 5.55. The molecule has 1 heterocycles. The summed E-state index contributed by atoms with van der Waals surface area (Å²) >= 11 is 0. The Hall–Kier alpha value is -3.35. The Morgan fingerprint density at radius 2 is 1.64 bits per heavy atom. The van der Waals surface area contributed by atoms with Crippen molar-refractivity contribution in [3.05, 3.63) is 59.7 Å². The molecule has 7 heteroatoms. The first kappa shape index (κ1) is 21.5. The summed E-state index contributed by atoms with van der Waals surface area (Å²) in [5.41, 5.74) is 4.46. The summed E-state index contributed by atoms with van der Waals surface area (Å²) in [5.74, 6) is -1.20. The molecule has 2 aliphatic carbocycles. The first-order chi connectivity index (χ1) is 15.9. The van der Waals surface area contributed by atoms with Gasteiger partial charge in [-0.15, -0.1) is 0 Å². The van der Waals surface area contributed by atoms with E-state index in [4.69, 9.17) is 4.74 Å². The van der Waals surface area contributed by atoms with Crippen molar-refractivity contribution in [2.45, 2.75) is 38.1 Å². The molecule has 33 heavy (non-hydrogen) atoms. The number of benzene rings is 2. The molecule has 2 aromatic carbocycles. The van der Waals surface area contributed by atoms with Gasteiger partial charge in [-0.2, -0.15) is 0 Å². The number of rotatable bonds is 5. The molecule has 1 aliphatic heterocycles. The number of fused-ring (bicyclic) bond motifs is 3. The molecule has 1 saturated carbocycles. The predicted molar refractivity (Wildman–Crippen MR) is 122 cm³/mol. The van der Waals surface area contributed by atoms with E-state index in [9.17, 15) is 19.5 Å². The molecule has 2 atom stereocenters. The number of hydrogen-bond acceptors (Lipinski definition) is 4. The van der Waals surface area contributed by atoms with Crippen LogP contribution in [0.2, 0.25) is 0 Å². The highest BCUT2D eigenvalue weighted by atomic mass is 16.5. The third-order valence-electron chi connectivity index (χ3n) is 7.61. The van der Waals surface area contributed by atoms with Crippen LogP contribution in [0.3, 0.4) is 0 Å². The highest BCUT2D eigenvalue weighted by Gasteiger charge is 2.59. The fourth-order valence-corrected chi connectivity index (χ4v) is 5.57. The molecule has 5 rings (SSSR count). The fraction of sp³-hybridized carbons (Fsp3) is 0.423. The van der Waals surface area contributed by atoms with Gasteiger partial charge < -0.3 is 20.1 Å². The zero-order valence-corrected chi connectivity index (χ0v) is 18.6. The van der Waals surface area contributed by atoms with Crippen LogP contribution in [0.1, 0.15) is 43.2 Å². The van der Waals surface area contributed by atoms with E-state index in [1.807, 2.05) is 24.3 Å². The second kappa shape index (κ2) is 8.21. The summed E-state index contributed by atoms with van der Waals surface area (Å²) in [6.07, 6.45) is 1.50. The number of likely N-dealkylation sites (tertiary alicyclic amines) is 1. The average molecular weight is 449 g/mol. The number of ether oxygens (including phenoxy) is 1. The van der Waals surface area contributed by atoms with Crippen molar-refractivity contribution in [3.63, 3.8) is 0 Å². The van der Waals surface area contributed by atoms with Gasteiger partial charge in [0.05, 0.1) is 5.92 Å². The van der Waals surface area contributed by atoms with Crippen LogP contribution in [0.4, 0.5) is 4.79 Å². The Morgan fingerprint density at radius 3 is 2.18 bits per heavy atom. The lowest BCUT2D eigenvalue weighted by Gasteiger charge is -2.34. The SMILES string of the molecule is C[C@H](NC(=O)OCC1c2ccccc2-c2ccccc21)C(=O)N1CCC2(CC1)CC2C(=O)O. The number of carboxylic acid groups (broad SMARTS) is 1. The second-order valence-corrected chi connectivity index (χ2v) is 9.47. The molecule has 7 nitrogen and oxygen atoms in total. The molecule has 2 N–H and O–H groups in total. The average Bonchev–Trinajstić information content (AvgIpc) is 3.43. The van der Waals surface area contributed by atoms with E-state index < -0.39 is 18.1 Å². The Labute approximate surface area is 192 Å². The number of carboxylic acids is 1. The molecule has 2 aromatic rings. The highest BCUT2D eigenvalue weighted by molar-refractivity contribution is 5.85. The van der Waals surface area contributed by atoms with Crippen molar-refractivity contribution >= 4 is 18.0 Å². The lowest BCUT2D eigenvalue weighted by molar-refractivity contribution is -0.140. The maximum atomic E-state index is 12.8. The summed E-state index contributed by atoms with van der Waals surface area (Å²) in [4.78, 5) is 38.2. The highest BCUT2D eigenvalue weighted by Crippen LogP contribution is 2.59. The van der Waals surface area contributed by atoms with Crippen molar-refractivity contribution in [3.8, 4) is 11.1 Å². The largest absolute Gasteiger partial charge is 0.481 e. The zero-order chi connectivity index (χ0) is 23.2. The minimum Gasteiger partial charge on any atom is -0.481 e. The van der Waals surface area contributed by atoms with Crippen molar-refractivity contribution < 1.29 is 24.2 Å². The van der Waals surface area contributed by atoms with Crippen molar-refractivity contribution in [1.29, 1.82) is 0 Å². The molecule has 1 saturated heterocycles. The first-order valence-electron chi connectivity index (χ1n) is 11.5. The van der Waals surface area contributed by atoms with E-state index in [0.29, 0.717) is 32.4 Å². The van der Waals surface area contributed by atoms with Gasteiger partial charge in [-0.05, 0) is 53.9 Å². The lowest BCUT2D eigenvalue weighted by Crippen LogP contribution is -2.50. The number of hydrogen-bond donors (Lipinski definition) is 2. The van der Waals surface area contributed by atoms with Gasteiger partial charge in [0.15, 0.2) is 0 Å². The maximum Gasteiger partial charge on any atom is 0.407 e. The smallest absolute Gasteiger partial charge is 0.407 e. The number of alkyl carbamates (subject to hydrolysis) is 1. The fourth-order valence-electron chi connectivity index (χ4n) is 5.57. The van der Waals surface area contributed by atoms with Gasteiger partial charge in [0.25, 0.3) is 0 Å². The normalized spacial score (nSPS) is 21.1. The van der Waals surface area contributed by atoms with E-state index >= 15 is 0 Å². The van der Waals surface area contributed by atoms with E-state index in [1.165, 1.54) is 0 Å². The van der Waals surface area contributed by atoms with Gasteiger partial charge in [0, 0.05) is 19.0 Å².